The summed E-state index contributed by atoms with van der Waals surface area (Å²) in [6.07, 6.45) is 4.45. The summed E-state index contributed by atoms with van der Waals surface area (Å²) in [5.74, 6) is 0.776. The number of pyridine rings is 1. The highest BCUT2D eigenvalue weighted by molar-refractivity contribution is 7.18. The molecule has 0 bridgehead atoms. The van der Waals surface area contributed by atoms with Crippen molar-refractivity contribution in [3.8, 4) is 11.4 Å². The topological polar surface area (TPSA) is 109 Å². The van der Waals surface area contributed by atoms with Crippen molar-refractivity contribution in [2.24, 2.45) is 5.92 Å². The highest BCUT2D eigenvalue weighted by Gasteiger charge is 2.24. The lowest BCUT2D eigenvalue weighted by atomic mass is 9.89. The van der Waals surface area contributed by atoms with E-state index in [0.29, 0.717) is 38.4 Å². The van der Waals surface area contributed by atoms with Gasteiger partial charge in [0.15, 0.2) is 5.58 Å². The van der Waals surface area contributed by atoms with Gasteiger partial charge in [-0.3, -0.25) is 9.78 Å². The van der Waals surface area contributed by atoms with Gasteiger partial charge >= 0.3 is 5.63 Å². The summed E-state index contributed by atoms with van der Waals surface area (Å²) >= 11 is 1.53. The fourth-order valence-corrected chi connectivity index (χ4v) is 5.43. The largest absolute Gasteiger partial charge is 0.420 e. The van der Waals surface area contributed by atoms with Gasteiger partial charge in [0.2, 0.25) is 0 Å². The van der Waals surface area contributed by atoms with Gasteiger partial charge in [0, 0.05) is 22.0 Å². The fraction of sp³-hybridized carbons (Fsp3) is 0.333. The van der Waals surface area contributed by atoms with Crippen LogP contribution in [0.4, 0.5) is 0 Å². The zero-order valence-electron chi connectivity index (χ0n) is 16.0. The van der Waals surface area contributed by atoms with E-state index in [0.717, 1.165) is 24.8 Å². The third-order valence-corrected chi connectivity index (χ3v) is 6.78. The Kier molecular flexibility index (Phi) is 4.15. The van der Waals surface area contributed by atoms with Crippen molar-refractivity contribution in [2.45, 2.75) is 39.7 Å². The molecule has 0 saturated carbocycles. The number of aliphatic hydroxyl groups excluding tert-OH is 1. The van der Waals surface area contributed by atoms with Crippen molar-refractivity contribution in [1.82, 2.24) is 15.0 Å². The second kappa shape index (κ2) is 6.60. The van der Waals surface area contributed by atoms with Crippen LogP contribution in [-0.2, 0) is 19.4 Å². The number of thiophene rings is 1. The Morgan fingerprint density at radius 1 is 1.38 bits per heavy atom. The number of aromatic nitrogens is 3. The Labute approximate surface area is 169 Å². The van der Waals surface area contributed by atoms with Crippen LogP contribution in [0.1, 0.15) is 35.0 Å². The van der Waals surface area contributed by atoms with Gasteiger partial charge in [0.05, 0.1) is 17.7 Å². The molecule has 4 heterocycles. The molecule has 1 atom stereocenters. The van der Waals surface area contributed by atoms with Crippen molar-refractivity contribution in [3.05, 3.63) is 54.7 Å². The van der Waals surface area contributed by atoms with E-state index < -0.39 is 5.63 Å². The average Bonchev–Trinajstić information content (AvgIpc) is 3.06. The van der Waals surface area contributed by atoms with Gasteiger partial charge in [-0.1, -0.05) is 6.92 Å². The molecule has 0 spiro atoms. The number of aromatic amines is 1. The Balaban J connectivity index is 1.76. The summed E-state index contributed by atoms with van der Waals surface area (Å²) in [6, 6.07) is 1.61. The number of fused-ring (bicyclic) bond motifs is 4. The molecular weight excluding hydrogens is 390 g/mol. The minimum atomic E-state index is -0.602. The molecule has 7 nitrogen and oxygen atoms in total. The first kappa shape index (κ1) is 18.2. The van der Waals surface area contributed by atoms with Gasteiger partial charge in [0.1, 0.15) is 16.2 Å². The molecule has 8 heteroatoms. The van der Waals surface area contributed by atoms with Gasteiger partial charge in [-0.15, -0.1) is 11.3 Å². The van der Waals surface area contributed by atoms with E-state index in [9.17, 15) is 14.7 Å². The predicted octanol–water partition coefficient (Wildman–Crippen LogP) is 3.08. The number of aryl methyl sites for hydroxylation is 2. The lowest BCUT2D eigenvalue weighted by Crippen LogP contribution is -2.15. The number of hydrogen-bond acceptors (Lipinski definition) is 7. The van der Waals surface area contributed by atoms with E-state index in [1.54, 1.807) is 19.2 Å². The lowest BCUT2D eigenvalue weighted by molar-refractivity contribution is 0.282. The van der Waals surface area contributed by atoms with Crippen LogP contribution in [0.2, 0.25) is 0 Å². The zero-order chi connectivity index (χ0) is 20.3. The van der Waals surface area contributed by atoms with E-state index >= 15 is 0 Å². The quantitative estimate of drug-likeness (QED) is 0.527. The third kappa shape index (κ3) is 2.82. The van der Waals surface area contributed by atoms with Crippen molar-refractivity contribution >= 4 is 32.5 Å². The normalized spacial score (nSPS) is 16.4. The monoisotopic (exact) mass is 409 g/mol. The highest BCUT2D eigenvalue weighted by atomic mass is 32.1. The summed E-state index contributed by atoms with van der Waals surface area (Å²) in [5, 5.41) is 10.8. The fourth-order valence-electron chi connectivity index (χ4n) is 4.05. The summed E-state index contributed by atoms with van der Waals surface area (Å²) in [4.78, 5) is 38.9. The number of nitrogens with one attached hydrogen (secondary N) is 1. The molecule has 29 heavy (non-hydrogen) atoms. The molecule has 1 aliphatic carbocycles. The van der Waals surface area contributed by atoms with Gasteiger partial charge in [-0.25, -0.2) is 9.78 Å². The molecule has 1 aliphatic rings. The Morgan fingerprint density at radius 3 is 3.00 bits per heavy atom. The molecule has 0 aliphatic heterocycles. The second-order valence-electron chi connectivity index (χ2n) is 7.66. The van der Waals surface area contributed by atoms with Crippen LogP contribution in [0.3, 0.4) is 0 Å². The second-order valence-corrected chi connectivity index (χ2v) is 8.75. The first-order valence-electron chi connectivity index (χ1n) is 9.54. The summed E-state index contributed by atoms with van der Waals surface area (Å²) < 4.78 is 5.48. The van der Waals surface area contributed by atoms with Gasteiger partial charge in [0.25, 0.3) is 5.56 Å². The molecular formula is C21H19N3O4S. The van der Waals surface area contributed by atoms with Crippen LogP contribution < -0.4 is 11.2 Å². The van der Waals surface area contributed by atoms with Crippen LogP contribution in [0, 0.1) is 12.8 Å². The third-order valence-electron chi connectivity index (χ3n) is 5.63. The van der Waals surface area contributed by atoms with E-state index in [4.69, 9.17) is 4.42 Å². The summed E-state index contributed by atoms with van der Waals surface area (Å²) in [5.41, 5.74) is 1.85. The maximum atomic E-state index is 12.9. The standard InChI is InChI=1S/C21H19N3O4S/c1-9-3-4-12-15(5-9)29-20-16(12)19(26)23-18(24-20)14-6-13-11(8-25)7-22-10(2)17(13)28-21(14)27/h6-7,9,25H,3-5,8H2,1-2H3,(H,23,24,26). The molecule has 0 aromatic carbocycles. The van der Waals surface area contributed by atoms with Crippen LogP contribution in [0.25, 0.3) is 32.6 Å². The number of H-pyrrole nitrogens is 1. The molecule has 4 aromatic rings. The molecule has 2 N–H and O–H groups in total. The molecule has 0 amide bonds. The SMILES string of the molecule is Cc1ncc(CO)c2cc(-c3nc4sc5c(c4c(=O)[nH]3)CCC(C)C5)c(=O)oc12. The van der Waals surface area contributed by atoms with Crippen molar-refractivity contribution < 1.29 is 9.52 Å². The van der Waals surface area contributed by atoms with Crippen molar-refractivity contribution in [1.29, 1.82) is 0 Å². The Bertz CT molecular complexity index is 1400. The lowest BCUT2D eigenvalue weighted by Gasteiger charge is -2.17. The molecule has 0 fully saturated rings. The molecule has 5 rings (SSSR count). The maximum absolute atomic E-state index is 12.9. The first-order chi connectivity index (χ1) is 14.0. The Hall–Kier alpha value is -2.84. The number of hydrogen-bond donors (Lipinski definition) is 2. The highest BCUT2D eigenvalue weighted by Crippen LogP contribution is 2.36. The van der Waals surface area contributed by atoms with E-state index in [2.05, 4.69) is 21.9 Å². The number of aliphatic hydroxyl groups is 1. The molecule has 0 radical (unpaired) electrons. The maximum Gasteiger partial charge on any atom is 0.347 e. The number of rotatable bonds is 2. The Morgan fingerprint density at radius 2 is 2.21 bits per heavy atom. The van der Waals surface area contributed by atoms with Gasteiger partial charge in [-0.2, -0.15) is 0 Å². The minimum Gasteiger partial charge on any atom is -0.420 e. The summed E-state index contributed by atoms with van der Waals surface area (Å²) in [7, 11) is 0. The first-order valence-corrected chi connectivity index (χ1v) is 10.4. The molecule has 4 aromatic heterocycles. The smallest absolute Gasteiger partial charge is 0.347 e. The average molecular weight is 409 g/mol. The van der Waals surface area contributed by atoms with Crippen LogP contribution in [0.5, 0.6) is 0 Å². The van der Waals surface area contributed by atoms with Crippen LogP contribution in [0.15, 0.2) is 26.3 Å². The number of nitrogens with zero attached hydrogens (tertiary/aromatic N) is 2. The van der Waals surface area contributed by atoms with Gasteiger partial charge < -0.3 is 14.5 Å². The van der Waals surface area contributed by atoms with Crippen LogP contribution >= 0.6 is 11.3 Å². The molecule has 0 saturated heterocycles. The molecule has 148 valence electrons. The van der Waals surface area contributed by atoms with E-state index in [1.807, 2.05) is 0 Å². The predicted molar refractivity (Wildman–Crippen MR) is 111 cm³/mol. The van der Waals surface area contributed by atoms with Crippen LogP contribution in [-0.4, -0.2) is 20.1 Å². The van der Waals surface area contributed by atoms with E-state index in [1.165, 1.54) is 16.2 Å². The van der Waals surface area contributed by atoms with Crippen molar-refractivity contribution in [2.75, 3.05) is 0 Å². The van der Waals surface area contributed by atoms with Crippen molar-refractivity contribution in [3.63, 3.8) is 0 Å². The van der Waals surface area contributed by atoms with Gasteiger partial charge in [-0.05, 0) is 43.7 Å². The molecule has 1 unspecified atom stereocenters. The summed E-state index contributed by atoms with van der Waals surface area (Å²) in [6.45, 7) is 3.71. The van der Waals surface area contributed by atoms with E-state index in [-0.39, 0.29) is 23.6 Å². The minimum absolute atomic E-state index is 0.163. The zero-order valence-corrected chi connectivity index (χ0v) is 16.9.